The molecule has 0 fully saturated rings. The number of nitrogens with one attached hydrogen (secondary N) is 2. The van der Waals surface area contributed by atoms with Crippen LogP contribution in [0, 0.1) is 0 Å². The Morgan fingerprint density at radius 2 is 2.00 bits per heavy atom. The number of rotatable bonds is 4. The highest BCUT2D eigenvalue weighted by Gasteiger charge is 2.19. The van der Waals surface area contributed by atoms with Crippen LogP contribution in [0.15, 0.2) is 41.8 Å². The van der Waals surface area contributed by atoms with Gasteiger partial charge in [0.15, 0.2) is 5.16 Å². The molecule has 8 heteroatoms. The molecule has 0 saturated carbocycles. The number of imide groups is 1. The summed E-state index contributed by atoms with van der Waals surface area (Å²) in [7, 11) is 1.79. The van der Waals surface area contributed by atoms with Gasteiger partial charge in [0.25, 0.3) is 0 Å². The average Bonchev–Trinajstić information content (AvgIpc) is 2.85. The summed E-state index contributed by atoms with van der Waals surface area (Å²) in [6, 6.07) is 8.35. The normalized spacial score (nSPS) is 11.7. The van der Waals surface area contributed by atoms with Gasteiger partial charge >= 0.3 is 6.03 Å². The molecular weight excluding hydrogens is 290 g/mol. The van der Waals surface area contributed by atoms with Gasteiger partial charge in [0.2, 0.25) is 5.91 Å². The number of thioether (sulfide) groups is 1. The first-order valence-corrected chi connectivity index (χ1v) is 7.12. The Kier molecular flexibility index (Phi) is 4.94. The first-order chi connectivity index (χ1) is 10.1. The van der Waals surface area contributed by atoms with Gasteiger partial charge < -0.3 is 9.88 Å². The summed E-state index contributed by atoms with van der Waals surface area (Å²) in [4.78, 5) is 23.6. The number of anilines is 1. The van der Waals surface area contributed by atoms with Crippen molar-refractivity contribution in [3.8, 4) is 0 Å². The van der Waals surface area contributed by atoms with E-state index in [2.05, 4.69) is 20.8 Å². The van der Waals surface area contributed by atoms with Gasteiger partial charge in [0, 0.05) is 12.7 Å². The van der Waals surface area contributed by atoms with Crippen molar-refractivity contribution >= 4 is 29.4 Å². The van der Waals surface area contributed by atoms with Gasteiger partial charge in [-0.3, -0.25) is 10.1 Å². The van der Waals surface area contributed by atoms with Crippen LogP contribution in [0.5, 0.6) is 0 Å². The van der Waals surface area contributed by atoms with E-state index in [0.717, 1.165) is 0 Å². The molecule has 0 aliphatic rings. The lowest BCUT2D eigenvalue weighted by atomic mass is 10.3. The van der Waals surface area contributed by atoms with E-state index in [1.165, 1.54) is 11.8 Å². The largest absolute Gasteiger partial charge is 0.325 e. The van der Waals surface area contributed by atoms with Gasteiger partial charge in [-0.25, -0.2) is 4.79 Å². The van der Waals surface area contributed by atoms with E-state index in [4.69, 9.17) is 0 Å². The third-order valence-electron chi connectivity index (χ3n) is 2.59. The van der Waals surface area contributed by atoms with Crippen LogP contribution in [0.4, 0.5) is 10.5 Å². The number of urea groups is 1. The Hall–Kier alpha value is -2.35. The van der Waals surface area contributed by atoms with Gasteiger partial charge in [-0.05, 0) is 19.1 Å². The maximum Gasteiger partial charge on any atom is 0.325 e. The highest BCUT2D eigenvalue weighted by molar-refractivity contribution is 8.00. The zero-order valence-electron chi connectivity index (χ0n) is 11.6. The summed E-state index contributed by atoms with van der Waals surface area (Å²) in [5.74, 6) is -0.392. The quantitative estimate of drug-likeness (QED) is 0.838. The first-order valence-electron chi connectivity index (χ1n) is 6.24. The molecule has 3 amide bonds. The number of carbonyl (C=O) groups is 2. The molecule has 7 nitrogen and oxygen atoms in total. The molecule has 0 saturated heterocycles. The zero-order chi connectivity index (χ0) is 15.2. The predicted molar refractivity (Wildman–Crippen MR) is 79.9 cm³/mol. The predicted octanol–water partition coefficient (Wildman–Crippen LogP) is 1.64. The number of carbonyl (C=O) groups excluding carboxylic acids is 2. The van der Waals surface area contributed by atoms with Crippen molar-refractivity contribution in [3.63, 3.8) is 0 Å². The fourth-order valence-corrected chi connectivity index (χ4v) is 2.28. The standard InChI is InChI=1S/C13H15N5O2S/c1-9(21-13-17-14-8-18(13)2)11(19)16-12(20)15-10-6-4-3-5-7-10/h3-9H,1-2H3,(H2,15,16,19,20). The topological polar surface area (TPSA) is 88.9 Å². The summed E-state index contributed by atoms with van der Waals surface area (Å²) < 4.78 is 1.71. The highest BCUT2D eigenvalue weighted by atomic mass is 32.2. The molecule has 2 N–H and O–H groups in total. The molecule has 0 radical (unpaired) electrons. The van der Waals surface area contributed by atoms with Crippen LogP contribution in [0.25, 0.3) is 0 Å². The summed E-state index contributed by atoms with van der Waals surface area (Å²) in [5.41, 5.74) is 0.622. The summed E-state index contributed by atoms with van der Waals surface area (Å²) in [6.45, 7) is 1.70. The van der Waals surface area contributed by atoms with E-state index >= 15 is 0 Å². The number of aromatic nitrogens is 3. The molecule has 1 atom stereocenters. The van der Waals surface area contributed by atoms with Crippen LogP contribution >= 0.6 is 11.8 Å². The Bertz CT molecular complexity index is 629. The fraction of sp³-hybridized carbons (Fsp3) is 0.231. The second-order valence-corrected chi connectivity index (χ2v) is 5.60. The number of hydrogen-bond donors (Lipinski definition) is 2. The molecular formula is C13H15N5O2S. The van der Waals surface area contributed by atoms with Crippen molar-refractivity contribution in [3.05, 3.63) is 36.7 Å². The van der Waals surface area contributed by atoms with Crippen molar-refractivity contribution in [2.75, 3.05) is 5.32 Å². The minimum absolute atomic E-state index is 0.392. The van der Waals surface area contributed by atoms with E-state index < -0.39 is 17.2 Å². The molecule has 1 aromatic heterocycles. The van der Waals surface area contributed by atoms with E-state index in [9.17, 15) is 9.59 Å². The number of hydrogen-bond acceptors (Lipinski definition) is 5. The lowest BCUT2D eigenvalue weighted by molar-refractivity contribution is -0.119. The molecule has 0 bridgehead atoms. The van der Waals surface area contributed by atoms with Crippen LogP contribution in [0.3, 0.4) is 0 Å². The highest BCUT2D eigenvalue weighted by Crippen LogP contribution is 2.19. The molecule has 0 aliphatic heterocycles. The molecule has 1 aromatic carbocycles. The Balaban J connectivity index is 1.86. The molecule has 2 rings (SSSR count). The van der Waals surface area contributed by atoms with E-state index in [1.54, 1.807) is 49.1 Å². The SMILES string of the molecule is CC(Sc1nncn1C)C(=O)NC(=O)Nc1ccccc1. The maximum atomic E-state index is 11.9. The number of amides is 3. The Labute approximate surface area is 126 Å². The molecule has 1 heterocycles. The van der Waals surface area contributed by atoms with E-state index in [0.29, 0.717) is 10.8 Å². The monoisotopic (exact) mass is 305 g/mol. The van der Waals surface area contributed by atoms with Crippen molar-refractivity contribution in [1.29, 1.82) is 0 Å². The minimum Gasteiger partial charge on any atom is -0.312 e. The third kappa shape index (κ3) is 4.32. The van der Waals surface area contributed by atoms with Gasteiger partial charge in [-0.1, -0.05) is 30.0 Å². The van der Waals surface area contributed by atoms with Crippen molar-refractivity contribution in [2.24, 2.45) is 7.05 Å². The lowest BCUT2D eigenvalue weighted by Gasteiger charge is -2.11. The first kappa shape index (κ1) is 15.0. The summed E-state index contributed by atoms with van der Waals surface area (Å²) >= 11 is 1.23. The average molecular weight is 305 g/mol. The van der Waals surface area contributed by atoms with Crippen LogP contribution in [-0.4, -0.2) is 32.0 Å². The summed E-state index contributed by atoms with van der Waals surface area (Å²) in [6.07, 6.45) is 1.55. The van der Waals surface area contributed by atoms with Crippen LogP contribution < -0.4 is 10.6 Å². The fourth-order valence-electron chi connectivity index (χ4n) is 1.49. The van der Waals surface area contributed by atoms with Crippen molar-refractivity contribution in [1.82, 2.24) is 20.1 Å². The molecule has 0 aliphatic carbocycles. The van der Waals surface area contributed by atoms with Gasteiger partial charge in [0.05, 0.1) is 5.25 Å². The number of aryl methyl sites for hydroxylation is 1. The second kappa shape index (κ2) is 6.89. The zero-order valence-corrected chi connectivity index (χ0v) is 12.4. The lowest BCUT2D eigenvalue weighted by Crippen LogP contribution is -2.38. The molecule has 2 aromatic rings. The molecule has 21 heavy (non-hydrogen) atoms. The second-order valence-electron chi connectivity index (χ2n) is 4.29. The van der Waals surface area contributed by atoms with Crippen LogP contribution in [0.2, 0.25) is 0 Å². The summed E-state index contributed by atoms with van der Waals surface area (Å²) in [5, 5.41) is 12.6. The van der Waals surface area contributed by atoms with Crippen LogP contribution in [-0.2, 0) is 11.8 Å². The smallest absolute Gasteiger partial charge is 0.312 e. The van der Waals surface area contributed by atoms with Gasteiger partial charge in [0.1, 0.15) is 6.33 Å². The molecule has 0 spiro atoms. The van der Waals surface area contributed by atoms with Crippen LogP contribution in [0.1, 0.15) is 6.92 Å². The number of nitrogens with zero attached hydrogens (tertiary/aromatic N) is 3. The maximum absolute atomic E-state index is 11.9. The van der Waals surface area contributed by atoms with Gasteiger partial charge in [-0.2, -0.15) is 0 Å². The van der Waals surface area contributed by atoms with Crippen molar-refractivity contribution < 1.29 is 9.59 Å². The third-order valence-corrected chi connectivity index (χ3v) is 3.74. The van der Waals surface area contributed by atoms with Crippen molar-refractivity contribution in [2.45, 2.75) is 17.3 Å². The Morgan fingerprint density at radius 3 is 2.62 bits per heavy atom. The number of para-hydroxylation sites is 1. The number of benzene rings is 1. The van der Waals surface area contributed by atoms with E-state index in [1.807, 2.05) is 6.07 Å². The minimum atomic E-state index is -0.559. The van der Waals surface area contributed by atoms with Gasteiger partial charge in [-0.15, -0.1) is 10.2 Å². The molecule has 1 unspecified atom stereocenters. The van der Waals surface area contributed by atoms with E-state index in [-0.39, 0.29) is 0 Å². The Morgan fingerprint density at radius 1 is 1.29 bits per heavy atom. The molecule has 110 valence electrons.